The van der Waals surface area contributed by atoms with Crippen molar-refractivity contribution in [3.63, 3.8) is 0 Å². The standard InChI is InChI=1S/C7H11BrO2/c1-4-2-9-7-5(8)3-10-6(4)7/h4-7H,2-3H2,1H3/t4?,5-,6+,7+/m0/s1. The van der Waals surface area contributed by atoms with Crippen molar-refractivity contribution in [2.24, 2.45) is 5.92 Å². The van der Waals surface area contributed by atoms with Gasteiger partial charge in [-0.25, -0.2) is 0 Å². The molecule has 0 N–H and O–H groups in total. The summed E-state index contributed by atoms with van der Waals surface area (Å²) in [5, 5.41) is 0. The minimum atomic E-state index is 0.315. The van der Waals surface area contributed by atoms with E-state index in [0.29, 0.717) is 23.0 Å². The first-order valence-corrected chi connectivity index (χ1v) is 4.58. The Kier molecular flexibility index (Phi) is 1.74. The van der Waals surface area contributed by atoms with Gasteiger partial charge < -0.3 is 9.47 Å². The van der Waals surface area contributed by atoms with E-state index >= 15 is 0 Å². The first-order valence-electron chi connectivity index (χ1n) is 3.66. The van der Waals surface area contributed by atoms with Gasteiger partial charge in [-0.05, 0) is 0 Å². The van der Waals surface area contributed by atoms with Crippen molar-refractivity contribution in [2.75, 3.05) is 13.2 Å². The summed E-state index contributed by atoms with van der Waals surface area (Å²) in [6.07, 6.45) is 0.666. The van der Waals surface area contributed by atoms with Gasteiger partial charge in [0.2, 0.25) is 0 Å². The Balaban J connectivity index is 2.09. The molecule has 0 aromatic heterocycles. The van der Waals surface area contributed by atoms with E-state index in [1.165, 1.54) is 0 Å². The minimum Gasteiger partial charge on any atom is -0.374 e. The number of hydrogen-bond donors (Lipinski definition) is 0. The van der Waals surface area contributed by atoms with E-state index in [4.69, 9.17) is 9.47 Å². The van der Waals surface area contributed by atoms with Crippen LogP contribution >= 0.6 is 15.9 Å². The quantitative estimate of drug-likeness (QED) is 0.555. The summed E-state index contributed by atoms with van der Waals surface area (Å²) in [7, 11) is 0. The number of halogens is 1. The van der Waals surface area contributed by atoms with Gasteiger partial charge in [0, 0.05) is 5.92 Å². The van der Waals surface area contributed by atoms with Crippen LogP contribution < -0.4 is 0 Å². The molecule has 3 heteroatoms. The summed E-state index contributed by atoms with van der Waals surface area (Å²) in [6, 6.07) is 0. The summed E-state index contributed by atoms with van der Waals surface area (Å²) < 4.78 is 11.1. The van der Waals surface area contributed by atoms with Crippen LogP contribution in [0.15, 0.2) is 0 Å². The molecule has 0 bridgehead atoms. The van der Waals surface area contributed by atoms with E-state index in [-0.39, 0.29) is 0 Å². The van der Waals surface area contributed by atoms with Crippen LogP contribution in [0.3, 0.4) is 0 Å². The summed E-state index contributed by atoms with van der Waals surface area (Å²) in [6.45, 7) is 3.84. The molecule has 0 spiro atoms. The maximum Gasteiger partial charge on any atom is 0.0987 e. The van der Waals surface area contributed by atoms with Crippen LogP contribution in [0.25, 0.3) is 0 Å². The lowest BCUT2D eigenvalue weighted by atomic mass is 10.1. The van der Waals surface area contributed by atoms with Gasteiger partial charge in [-0.1, -0.05) is 22.9 Å². The predicted octanol–water partition coefficient (Wildman–Crippen LogP) is 1.18. The van der Waals surface area contributed by atoms with Crippen LogP contribution in [-0.4, -0.2) is 30.2 Å². The molecule has 0 aliphatic carbocycles. The molecule has 58 valence electrons. The Morgan fingerprint density at radius 1 is 1.20 bits per heavy atom. The van der Waals surface area contributed by atoms with E-state index in [1.54, 1.807) is 0 Å². The summed E-state index contributed by atoms with van der Waals surface area (Å²) in [5.41, 5.74) is 0. The van der Waals surface area contributed by atoms with Gasteiger partial charge >= 0.3 is 0 Å². The molecule has 2 heterocycles. The summed E-state index contributed by atoms with van der Waals surface area (Å²) >= 11 is 3.52. The molecule has 1 unspecified atom stereocenters. The highest BCUT2D eigenvalue weighted by molar-refractivity contribution is 9.09. The third kappa shape index (κ3) is 0.917. The molecule has 2 aliphatic heterocycles. The number of ether oxygens (including phenoxy) is 2. The Hall–Kier alpha value is 0.400. The van der Waals surface area contributed by atoms with E-state index in [1.807, 2.05) is 0 Å². The molecule has 2 saturated heterocycles. The third-order valence-electron chi connectivity index (χ3n) is 2.24. The largest absolute Gasteiger partial charge is 0.374 e. The molecule has 2 nitrogen and oxygen atoms in total. The zero-order chi connectivity index (χ0) is 7.14. The SMILES string of the molecule is CC1CO[C@H]2[C@@H]1OC[C@@H]2Br. The lowest BCUT2D eigenvalue weighted by Crippen LogP contribution is -2.24. The average Bonchev–Trinajstić information content (AvgIpc) is 2.41. The molecular weight excluding hydrogens is 196 g/mol. The predicted molar refractivity (Wildman–Crippen MR) is 41.4 cm³/mol. The molecular formula is C7H11BrO2. The Morgan fingerprint density at radius 2 is 1.90 bits per heavy atom. The van der Waals surface area contributed by atoms with E-state index < -0.39 is 0 Å². The lowest BCUT2D eigenvalue weighted by Gasteiger charge is -2.10. The maximum absolute atomic E-state index is 5.53. The molecule has 2 fully saturated rings. The zero-order valence-electron chi connectivity index (χ0n) is 5.92. The number of hydrogen-bond acceptors (Lipinski definition) is 2. The second kappa shape index (κ2) is 2.47. The van der Waals surface area contributed by atoms with Crippen molar-refractivity contribution in [1.82, 2.24) is 0 Å². The Morgan fingerprint density at radius 3 is 2.60 bits per heavy atom. The number of fused-ring (bicyclic) bond motifs is 1. The minimum absolute atomic E-state index is 0.315. The van der Waals surface area contributed by atoms with Crippen molar-refractivity contribution in [3.8, 4) is 0 Å². The van der Waals surface area contributed by atoms with Crippen molar-refractivity contribution >= 4 is 15.9 Å². The van der Waals surface area contributed by atoms with Crippen LogP contribution in [0.2, 0.25) is 0 Å². The second-order valence-corrected chi connectivity index (χ2v) is 4.27. The highest BCUT2D eigenvalue weighted by atomic mass is 79.9. The van der Waals surface area contributed by atoms with Crippen LogP contribution in [0.5, 0.6) is 0 Å². The van der Waals surface area contributed by atoms with Crippen molar-refractivity contribution in [2.45, 2.75) is 24.0 Å². The topological polar surface area (TPSA) is 18.5 Å². The molecule has 0 radical (unpaired) electrons. The summed E-state index contributed by atoms with van der Waals surface area (Å²) in [4.78, 5) is 0.419. The molecule has 0 aromatic carbocycles. The molecule has 10 heavy (non-hydrogen) atoms. The van der Waals surface area contributed by atoms with Crippen molar-refractivity contribution < 1.29 is 9.47 Å². The van der Waals surface area contributed by atoms with Gasteiger partial charge in [-0.2, -0.15) is 0 Å². The molecule has 4 atom stereocenters. The second-order valence-electron chi connectivity index (χ2n) is 3.09. The lowest BCUT2D eigenvalue weighted by molar-refractivity contribution is 0.0661. The van der Waals surface area contributed by atoms with E-state index in [9.17, 15) is 0 Å². The fourth-order valence-corrected chi connectivity index (χ4v) is 2.25. The molecule has 2 aliphatic rings. The molecule has 2 rings (SSSR count). The highest BCUT2D eigenvalue weighted by Gasteiger charge is 2.44. The van der Waals surface area contributed by atoms with Gasteiger partial charge in [-0.3, -0.25) is 0 Å². The molecule has 0 saturated carbocycles. The first kappa shape index (κ1) is 7.07. The van der Waals surface area contributed by atoms with Gasteiger partial charge in [0.15, 0.2) is 0 Å². The van der Waals surface area contributed by atoms with Gasteiger partial charge in [-0.15, -0.1) is 0 Å². The smallest absolute Gasteiger partial charge is 0.0987 e. The van der Waals surface area contributed by atoms with Crippen LogP contribution in [0, 0.1) is 5.92 Å². The highest BCUT2D eigenvalue weighted by Crippen LogP contribution is 2.33. The Labute approximate surface area is 69.0 Å². The fourth-order valence-electron chi connectivity index (χ4n) is 1.64. The number of rotatable bonds is 0. The van der Waals surface area contributed by atoms with Crippen molar-refractivity contribution in [3.05, 3.63) is 0 Å². The monoisotopic (exact) mass is 206 g/mol. The van der Waals surface area contributed by atoms with Crippen molar-refractivity contribution in [1.29, 1.82) is 0 Å². The fraction of sp³-hybridized carbons (Fsp3) is 1.00. The molecule has 0 aromatic rings. The van der Waals surface area contributed by atoms with Crippen LogP contribution in [0.1, 0.15) is 6.92 Å². The zero-order valence-corrected chi connectivity index (χ0v) is 7.50. The normalized spacial score (nSPS) is 53.4. The van der Waals surface area contributed by atoms with Crippen LogP contribution in [-0.2, 0) is 9.47 Å². The van der Waals surface area contributed by atoms with E-state index in [2.05, 4.69) is 22.9 Å². The van der Waals surface area contributed by atoms with Crippen LogP contribution in [0.4, 0.5) is 0 Å². The first-order chi connectivity index (χ1) is 4.79. The van der Waals surface area contributed by atoms with E-state index in [0.717, 1.165) is 13.2 Å². The van der Waals surface area contributed by atoms with Gasteiger partial charge in [0.25, 0.3) is 0 Å². The Bertz CT molecular complexity index is 124. The van der Waals surface area contributed by atoms with Gasteiger partial charge in [0.05, 0.1) is 30.2 Å². The van der Waals surface area contributed by atoms with Gasteiger partial charge in [0.1, 0.15) is 0 Å². The summed E-state index contributed by atoms with van der Waals surface area (Å²) in [5.74, 6) is 0.576. The third-order valence-corrected chi connectivity index (χ3v) is 3.03. The molecule has 0 amide bonds. The maximum atomic E-state index is 5.53. The number of alkyl halides is 1. The average molecular weight is 207 g/mol.